The molecule has 0 aliphatic rings. The first-order chi connectivity index (χ1) is 8.27. The van der Waals surface area contributed by atoms with Gasteiger partial charge in [0.05, 0.1) is 11.8 Å². The molecule has 1 aromatic heterocycles. The third-order valence-corrected chi connectivity index (χ3v) is 2.77. The van der Waals surface area contributed by atoms with E-state index in [4.69, 9.17) is 5.73 Å². The normalized spacial score (nSPS) is 10.7. The molecule has 96 valence electrons. The molecule has 0 amide bonds. The molecule has 0 aromatic carbocycles. The van der Waals surface area contributed by atoms with Crippen LogP contribution in [0.3, 0.4) is 0 Å². The number of aromatic nitrogens is 2. The number of aryl methyl sites for hydroxylation is 1. The number of nitrogens with two attached hydrogens (primary N) is 1. The van der Waals surface area contributed by atoms with E-state index in [9.17, 15) is 4.79 Å². The monoisotopic (exact) mass is 237 g/mol. The number of hydrogen-bond acceptors (Lipinski definition) is 3. The van der Waals surface area contributed by atoms with Gasteiger partial charge in [-0.15, -0.1) is 0 Å². The van der Waals surface area contributed by atoms with Crippen molar-refractivity contribution in [3.8, 4) is 0 Å². The summed E-state index contributed by atoms with van der Waals surface area (Å²) in [6, 6.07) is 0. The Bertz CT molecular complexity index is 333. The molecule has 0 saturated heterocycles. The standard InChI is InChI=1S/C13H23N3O/c1-2-9-16-11-12(10-15-16)13(17)7-5-3-4-6-8-14/h10-11H,2-9,14H2,1H3. The van der Waals surface area contributed by atoms with Gasteiger partial charge in [-0.05, 0) is 25.8 Å². The van der Waals surface area contributed by atoms with Crippen molar-refractivity contribution >= 4 is 5.78 Å². The number of hydrogen-bond donors (Lipinski definition) is 1. The van der Waals surface area contributed by atoms with Crippen LogP contribution < -0.4 is 5.73 Å². The van der Waals surface area contributed by atoms with E-state index in [2.05, 4.69) is 12.0 Å². The molecule has 0 unspecified atom stereocenters. The second kappa shape index (κ2) is 8.01. The van der Waals surface area contributed by atoms with E-state index >= 15 is 0 Å². The first kappa shape index (κ1) is 13.9. The van der Waals surface area contributed by atoms with Crippen LogP contribution in [0.1, 0.15) is 55.8 Å². The number of ketones is 1. The summed E-state index contributed by atoms with van der Waals surface area (Å²) in [6.45, 7) is 3.72. The zero-order valence-electron chi connectivity index (χ0n) is 10.7. The van der Waals surface area contributed by atoms with Gasteiger partial charge < -0.3 is 5.73 Å². The summed E-state index contributed by atoms with van der Waals surface area (Å²) in [5.41, 5.74) is 6.16. The highest BCUT2D eigenvalue weighted by molar-refractivity contribution is 5.95. The third kappa shape index (κ3) is 5.13. The van der Waals surface area contributed by atoms with Gasteiger partial charge >= 0.3 is 0 Å². The summed E-state index contributed by atoms with van der Waals surface area (Å²) in [4.78, 5) is 11.8. The molecule has 0 aliphatic heterocycles. The highest BCUT2D eigenvalue weighted by atomic mass is 16.1. The lowest BCUT2D eigenvalue weighted by Crippen LogP contribution is -2.00. The van der Waals surface area contributed by atoms with Crippen molar-refractivity contribution in [3.63, 3.8) is 0 Å². The molecule has 0 spiro atoms. The molecule has 2 N–H and O–H groups in total. The molecule has 0 fully saturated rings. The Kier molecular flexibility index (Phi) is 6.55. The zero-order chi connectivity index (χ0) is 12.5. The fourth-order valence-corrected chi connectivity index (χ4v) is 1.79. The predicted octanol–water partition coefficient (Wildman–Crippen LogP) is 2.38. The van der Waals surface area contributed by atoms with Gasteiger partial charge in [0, 0.05) is 19.2 Å². The van der Waals surface area contributed by atoms with Crippen molar-refractivity contribution in [1.82, 2.24) is 9.78 Å². The first-order valence-corrected chi connectivity index (χ1v) is 6.53. The van der Waals surface area contributed by atoms with E-state index in [-0.39, 0.29) is 5.78 Å². The minimum Gasteiger partial charge on any atom is -0.330 e. The minimum absolute atomic E-state index is 0.208. The molecule has 0 aliphatic carbocycles. The van der Waals surface area contributed by atoms with Gasteiger partial charge in [-0.1, -0.05) is 19.8 Å². The fraction of sp³-hybridized carbons (Fsp3) is 0.692. The fourth-order valence-electron chi connectivity index (χ4n) is 1.79. The maximum absolute atomic E-state index is 11.8. The molecule has 0 saturated carbocycles. The number of carbonyl (C=O) groups is 1. The van der Waals surface area contributed by atoms with Crippen LogP contribution in [0.25, 0.3) is 0 Å². The summed E-state index contributed by atoms with van der Waals surface area (Å²) >= 11 is 0. The van der Waals surface area contributed by atoms with Gasteiger partial charge in [-0.3, -0.25) is 9.48 Å². The lowest BCUT2D eigenvalue weighted by Gasteiger charge is -1.99. The molecule has 1 heterocycles. The van der Waals surface area contributed by atoms with E-state index in [0.29, 0.717) is 6.42 Å². The molecular formula is C13H23N3O. The van der Waals surface area contributed by atoms with Crippen LogP contribution in [0.4, 0.5) is 0 Å². The highest BCUT2D eigenvalue weighted by Crippen LogP contribution is 2.08. The quantitative estimate of drug-likeness (QED) is 0.530. The number of Topliss-reactive ketones (excluding diaryl/α,β-unsaturated/α-hetero) is 1. The van der Waals surface area contributed by atoms with Crippen molar-refractivity contribution in [2.45, 2.75) is 52.0 Å². The number of nitrogens with zero attached hydrogens (tertiary/aromatic N) is 2. The molecule has 1 aromatic rings. The summed E-state index contributed by atoms with van der Waals surface area (Å²) in [6.07, 6.45) is 9.42. The molecule has 0 radical (unpaired) electrons. The number of carbonyl (C=O) groups excluding carboxylic acids is 1. The lowest BCUT2D eigenvalue weighted by atomic mass is 10.1. The van der Waals surface area contributed by atoms with Gasteiger partial charge in [0.2, 0.25) is 0 Å². The van der Waals surface area contributed by atoms with E-state index in [1.807, 2.05) is 10.9 Å². The van der Waals surface area contributed by atoms with E-state index in [1.165, 1.54) is 0 Å². The van der Waals surface area contributed by atoms with Gasteiger partial charge in [0.1, 0.15) is 0 Å². The first-order valence-electron chi connectivity index (χ1n) is 6.53. The average molecular weight is 237 g/mol. The van der Waals surface area contributed by atoms with E-state index in [1.54, 1.807) is 6.20 Å². The Morgan fingerprint density at radius 2 is 2.12 bits per heavy atom. The Hall–Kier alpha value is -1.16. The second-order valence-corrected chi connectivity index (χ2v) is 4.37. The van der Waals surface area contributed by atoms with Crippen molar-refractivity contribution in [2.75, 3.05) is 6.54 Å². The lowest BCUT2D eigenvalue weighted by molar-refractivity contribution is 0.0979. The van der Waals surface area contributed by atoms with Crippen LogP contribution in [0.15, 0.2) is 12.4 Å². The smallest absolute Gasteiger partial charge is 0.166 e. The van der Waals surface area contributed by atoms with Crippen LogP contribution in [-0.2, 0) is 6.54 Å². The minimum atomic E-state index is 0.208. The Morgan fingerprint density at radius 1 is 1.35 bits per heavy atom. The maximum Gasteiger partial charge on any atom is 0.166 e. The summed E-state index contributed by atoms with van der Waals surface area (Å²) < 4.78 is 1.83. The van der Waals surface area contributed by atoms with Crippen LogP contribution in [0.5, 0.6) is 0 Å². The summed E-state index contributed by atoms with van der Waals surface area (Å²) in [5.74, 6) is 0.208. The molecule has 0 bridgehead atoms. The van der Waals surface area contributed by atoms with E-state index < -0.39 is 0 Å². The Labute approximate surface area is 103 Å². The second-order valence-electron chi connectivity index (χ2n) is 4.37. The van der Waals surface area contributed by atoms with Gasteiger partial charge in [-0.2, -0.15) is 5.10 Å². The molecule has 1 rings (SSSR count). The van der Waals surface area contributed by atoms with Crippen LogP contribution >= 0.6 is 0 Å². The van der Waals surface area contributed by atoms with Gasteiger partial charge in [0.15, 0.2) is 5.78 Å². The third-order valence-electron chi connectivity index (χ3n) is 2.77. The van der Waals surface area contributed by atoms with Crippen molar-refractivity contribution < 1.29 is 4.79 Å². The van der Waals surface area contributed by atoms with Crippen molar-refractivity contribution in [2.24, 2.45) is 5.73 Å². The topological polar surface area (TPSA) is 60.9 Å². The zero-order valence-corrected chi connectivity index (χ0v) is 10.7. The molecule has 17 heavy (non-hydrogen) atoms. The van der Waals surface area contributed by atoms with E-state index in [0.717, 1.165) is 50.8 Å². The summed E-state index contributed by atoms with van der Waals surface area (Å²) in [7, 11) is 0. The van der Waals surface area contributed by atoms with Crippen LogP contribution in [0.2, 0.25) is 0 Å². The predicted molar refractivity (Wildman–Crippen MR) is 69.0 cm³/mol. The average Bonchev–Trinajstić information content (AvgIpc) is 2.78. The Morgan fingerprint density at radius 3 is 2.82 bits per heavy atom. The van der Waals surface area contributed by atoms with Gasteiger partial charge in [0.25, 0.3) is 0 Å². The van der Waals surface area contributed by atoms with Crippen molar-refractivity contribution in [1.29, 1.82) is 0 Å². The van der Waals surface area contributed by atoms with Crippen LogP contribution in [-0.4, -0.2) is 22.1 Å². The van der Waals surface area contributed by atoms with Crippen LogP contribution in [0, 0.1) is 0 Å². The highest BCUT2D eigenvalue weighted by Gasteiger charge is 2.07. The molecular weight excluding hydrogens is 214 g/mol. The molecule has 0 atom stereocenters. The Balaban J connectivity index is 2.26. The molecule has 4 nitrogen and oxygen atoms in total. The van der Waals surface area contributed by atoms with Gasteiger partial charge in [-0.25, -0.2) is 0 Å². The number of rotatable bonds is 9. The maximum atomic E-state index is 11.8. The van der Waals surface area contributed by atoms with Crippen molar-refractivity contribution in [3.05, 3.63) is 18.0 Å². The SMILES string of the molecule is CCCn1cc(C(=O)CCCCCCN)cn1. The summed E-state index contributed by atoms with van der Waals surface area (Å²) in [5, 5.41) is 4.16. The largest absolute Gasteiger partial charge is 0.330 e. The number of unbranched alkanes of at least 4 members (excludes halogenated alkanes) is 3. The molecule has 4 heteroatoms.